The zero-order chi connectivity index (χ0) is 22.6. The van der Waals surface area contributed by atoms with Gasteiger partial charge in [-0.25, -0.2) is 0 Å². The Labute approximate surface area is 209 Å². The number of unbranched alkanes of at least 4 members (excludes halogenated alkanes) is 9. The van der Waals surface area contributed by atoms with E-state index in [1.54, 1.807) is 0 Å². The summed E-state index contributed by atoms with van der Waals surface area (Å²) in [6, 6.07) is 1.54. The molecule has 0 aliphatic rings. The maximum absolute atomic E-state index is 6.35. The maximum atomic E-state index is 6.35. The van der Waals surface area contributed by atoms with E-state index < -0.39 is 8.56 Å². The molecule has 30 heavy (non-hydrogen) atoms. The average Bonchev–Trinajstić information content (AvgIpc) is 2.76. The van der Waals surface area contributed by atoms with Crippen LogP contribution in [0.1, 0.15) is 85.0 Å². The Kier molecular flexibility index (Phi) is 14.8. The predicted octanol–water partition coefficient (Wildman–Crippen LogP) is 10.8. The van der Waals surface area contributed by atoms with Crippen molar-refractivity contribution in [1.29, 1.82) is 0 Å². The first-order valence-corrected chi connectivity index (χ1v) is 15.3. The first-order valence-electron chi connectivity index (χ1n) is 11.2. The Hall–Kier alpha value is 0.647. The Bertz CT molecular complexity index is 609. The fourth-order valence-electron chi connectivity index (χ4n) is 3.34. The van der Waals surface area contributed by atoms with Crippen LogP contribution >= 0.6 is 58.0 Å². The van der Waals surface area contributed by atoms with Gasteiger partial charge >= 0.3 is 8.56 Å². The number of hydrogen-bond donors (Lipinski definition) is 0. The van der Waals surface area contributed by atoms with Crippen molar-refractivity contribution in [2.24, 2.45) is 0 Å². The summed E-state index contributed by atoms with van der Waals surface area (Å²) in [4.78, 5) is 0. The van der Waals surface area contributed by atoms with Crippen LogP contribution in [-0.2, 0) is 4.43 Å². The van der Waals surface area contributed by atoms with Crippen LogP contribution in [0.25, 0.3) is 0 Å². The Balaban J connectivity index is 2.51. The van der Waals surface area contributed by atoms with Gasteiger partial charge in [-0.05, 0) is 18.5 Å². The highest BCUT2D eigenvalue weighted by atomic mass is 35.5. The first kappa shape index (κ1) is 28.7. The molecular formula is C22H35Cl5O2Si. The minimum absolute atomic E-state index is 0.132. The van der Waals surface area contributed by atoms with Gasteiger partial charge in [-0.3, -0.25) is 0 Å². The van der Waals surface area contributed by atoms with Gasteiger partial charge in [0.15, 0.2) is 0 Å². The molecular weight excluding hydrogens is 502 g/mol. The van der Waals surface area contributed by atoms with Crippen LogP contribution in [0, 0.1) is 0 Å². The molecule has 0 radical (unpaired) electrons. The summed E-state index contributed by atoms with van der Waals surface area (Å²) in [6.07, 6.45) is 12.9. The lowest BCUT2D eigenvalue weighted by Crippen LogP contribution is -2.44. The molecule has 2 nitrogen and oxygen atoms in total. The van der Waals surface area contributed by atoms with E-state index in [-0.39, 0.29) is 30.9 Å². The van der Waals surface area contributed by atoms with Crippen LogP contribution in [-0.4, -0.2) is 15.2 Å². The minimum Gasteiger partial charge on any atom is -0.518 e. The smallest absolute Gasteiger partial charge is 0.398 e. The summed E-state index contributed by atoms with van der Waals surface area (Å²) < 4.78 is 12.6. The highest BCUT2D eigenvalue weighted by molar-refractivity contribution is 6.68. The summed E-state index contributed by atoms with van der Waals surface area (Å²) in [6.45, 7) is 7.06. The van der Waals surface area contributed by atoms with Gasteiger partial charge in [0.1, 0.15) is 15.8 Å². The summed E-state index contributed by atoms with van der Waals surface area (Å²) >= 11 is 31.1. The monoisotopic (exact) mass is 534 g/mol. The number of benzene rings is 1. The third-order valence-electron chi connectivity index (χ3n) is 5.40. The summed E-state index contributed by atoms with van der Waals surface area (Å²) in [5.41, 5.74) is 0. The normalized spacial score (nSPS) is 11.9. The van der Waals surface area contributed by atoms with Crippen LogP contribution in [0.15, 0.2) is 0 Å². The molecule has 1 aromatic rings. The van der Waals surface area contributed by atoms with Crippen LogP contribution in [0.3, 0.4) is 0 Å². The number of rotatable bonds is 16. The molecule has 0 bridgehead atoms. The molecule has 0 aliphatic carbocycles. The molecule has 0 fully saturated rings. The van der Waals surface area contributed by atoms with Crippen LogP contribution < -0.4 is 4.43 Å². The number of halogens is 5. The molecule has 0 saturated carbocycles. The lowest BCUT2D eigenvalue weighted by atomic mass is 10.1. The van der Waals surface area contributed by atoms with Crippen molar-refractivity contribution in [3.8, 4) is 5.75 Å². The highest BCUT2D eigenvalue weighted by Gasteiger charge is 2.38. The van der Waals surface area contributed by atoms with Crippen LogP contribution in [0.4, 0.5) is 0 Å². The first-order chi connectivity index (χ1) is 14.3. The molecule has 0 unspecified atom stereocenters. The second kappa shape index (κ2) is 15.5. The molecule has 1 aromatic carbocycles. The Morgan fingerprint density at radius 3 is 1.40 bits per heavy atom. The van der Waals surface area contributed by atoms with E-state index in [1.807, 2.05) is 0 Å². The molecule has 1 rings (SSSR count). The minimum atomic E-state index is -2.53. The molecule has 0 heterocycles. The fraction of sp³-hybridized carbons (Fsp3) is 0.727. The fourth-order valence-corrected chi connectivity index (χ4v) is 7.01. The third kappa shape index (κ3) is 8.88. The highest BCUT2D eigenvalue weighted by Crippen LogP contribution is 2.49. The standard InChI is InChI=1S/C22H35Cl5O2Si/c1-4-7-8-9-10-11-12-13-14-15-16-28-30(5-2,6-3)29-22-20(26)18(24)17(23)19(25)21(22)27/h4-16H2,1-3H3. The van der Waals surface area contributed by atoms with Crippen molar-refractivity contribution in [3.05, 3.63) is 25.1 Å². The molecule has 0 aliphatic heterocycles. The van der Waals surface area contributed by atoms with Gasteiger partial charge < -0.3 is 8.85 Å². The second-order valence-electron chi connectivity index (χ2n) is 7.65. The van der Waals surface area contributed by atoms with Crippen molar-refractivity contribution >= 4 is 66.6 Å². The van der Waals surface area contributed by atoms with Crippen molar-refractivity contribution in [2.75, 3.05) is 6.61 Å². The van der Waals surface area contributed by atoms with E-state index in [4.69, 9.17) is 66.9 Å². The molecule has 0 atom stereocenters. The van der Waals surface area contributed by atoms with Gasteiger partial charge in [-0.15, -0.1) is 0 Å². The topological polar surface area (TPSA) is 18.5 Å². The summed E-state index contributed by atoms with van der Waals surface area (Å²) in [7, 11) is -2.53. The summed E-state index contributed by atoms with van der Waals surface area (Å²) in [5.74, 6) is 0.274. The van der Waals surface area contributed by atoms with Crippen LogP contribution in [0.5, 0.6) is 5.75 Å². The van der Waals surface area contributed by atoms with Gasteiger partial charge in [-0.2, -0.15) is 0 Å². The largest absolute Gasteiger partial charge is 0.518 e. The average molecular weight is 537 g/mol. The van der Waals surface area contributed by atoms with Crippen molar-refractivity contribution in [3.63, 3.8) is 0 Å². The van der Waals surface area contributed by atoms with Gasteiger partial charge in [0.25, 0.3) is 0 Å². The quantitative estimate of drug-likeness (QED) is 0.0905. The van der Waals surface area contributed by atoms with E-state index in [1.165, 1.54) is 57.8 Å². The van der Waals surface area contributed by atoms with Gasteiger partial charge in [0.2, 0.25) is 0 Å². The summed E-state index contributed by atoms with van der Waals surface area (Å²) in [5, 5.41) is 0.780. The van der Waals surface area contributed by atoms with Crippen molar-refractivity contribution < 1.29 is 8.85 Å². The predicted molar refractivity (Wildman–Crippen MR) is 137 cm³/mol. The van der Waals surface area contributed by atoms with Crippen molar-refractivity contribution in [1.82, 2.24) is 0 Å². The maximum Gasteiger partial charge on any atom is 0.398 e. The third-order valence-corrected chi connectivity index (χ3v) is 11.1. The Morgan fingerprint density at radius 1 is 0.567 bits per heavy atom. The molecule has 174 valence electrons. The van der Waals surface area contributed by atoms with Gasteiger partial charge in [0.05, 0.1) is 15.1 Å². The van der Waals surface area contributed by atoms with Gasteiger partial charge in [0, 0.05) is 6.61 Å². The molecule has 0 saturated heterocycles. The zero-order valence-corrected chi connectivity index (χ0v) is 23.2. The zero-order valence-electron chi connectivity index (χ0n) is 18.4. The van der Waals surface area contributed by atoms with E-state index >= 15 is 0 Å². The van der Waals surface area contributed by atoms with Crippen LogP contribution in [0.2, 0.25) is 37.2 Å². The molecule has 0 N–H and O–H groups in total. The number of hydrogen-bond acceptors (Lipinski definition) is 2. The SMILES string of the molecule is CCCCCCCCCCCCO[Si](CC)(CC)Oc1c(Cl)c(Cl)c(Cl)c(Cl)c1Cl. The second-order valence-corrected chi connectivity index (χ2v) is 13.3. The van der Waals surface area contributed by atoms with E-state index in [9.17, 15) is 0 Å². The lowest BCUT2D eigenvalue weighted by Gasteiger charge is -2.30. The van der Waals surface area contributed by atoms with Crippen molar-refractivity contribution in [2.45, 2.75) is 97.1 Å². The van der Waals surface area contributed by atoms with E-state index in [2.05, 4.69) is 20.8 Å². The van der Waals surface area contributed by atoms with E-state index in [0.29, 0.717) is 6.61 Å². The lowest BCUT2D eigenvalue weighted by molar-refractivity contribution is 0.230. The molecule has 0 spiro atoms. The molecule has 0 aromatic heterocycles. The molecule has 8 heteroatoms. The van der Waals surface area contributed by atoms with E-state index in [0.717, 1.165) is 18.5 Å². The van der Waals surface area contributed by atoms with Gasteiger partial charge in [-0.1, -0.05) is 137 Å². The molecule has 0 amide bonds. The Morgan fingerprint density at radius 2 is 0.967 bits per heavy atom.